The topological polar surface area (TPSA) is 47.0 Å². The SMILES string of the molecule is CC(C)(C)c1ccccc1Oc1ncccc1Nc1ncc(C(F)(F)F)s1. The number of hydrogen-bond acceptors (Lipinski definition) is 5. The summed E-state index contributed by atoms with van der Waals surface area (Å²) < 4.78 is 44.3. The minimum Gasteiger partial charge on any atom is -0.437 e. The van der Waals surface area contributed by atoms with E-state index in [1.807, 2.05) is 24.3 Å². The number of benzene rings is 1. The molecule has 2 aromatic heterocycles. The van der Waals surface area contributed by atoms with Gasteiger partial charge >= 0.3 is 6.18 Å². The molecule has 0 atom stereocenters. The van der Waals surface area contributed by atoms with Crippen LogP contribution in [-0.2, 0) is 11.6 Å². The van der Waals surface area contributed by atoms with Crippen LogP contribution in [0.15, 0.2) is 48.8 Å². The third-order valence-electron chi connectivity index (χ3n) is 3.70. The molecule has 4 nitrogen and oxygen atoms in total. The Bertz CT molecular complexity index is 932. The number of pyridine rings is 1. The number of alkyl halides is 3. The van der Waals surface area contributed by atoms with Gasteiger partial charge in [-0.05, 0) is 23.6 Å². The summed E-state index contributed by atoms with van der Waals surface area (Å²) in [5.74, 6) is 0.903. The Morgan fingerprint density at radius 1 is 1.00 bits per heavy atom. The van der Waals surface area contributed by atoms with E-state index in [-0.39, 0.29) is 16.4 Å². The normalized spacial score (nSPS) is 12.1. The fourth-order valence-corrected chi connectivity index (χ4v) is 3.12. The molecule has 3 rings (SSSR count). The molecule has 0 unspecified atom stereocenters. The lowest BCUT2D eigenvalue weighted by atomic mass is 9.86. The number of nitrogens with zero attached hydrogens (tertiary/aromatic N) is 2. The smallest absolute Gasteiger partial charge is 0.427 e. The summed E-state index contributed by atoms with van der Waals surface area (Å²) in [6.45, 7) is 6.21. The van der Waals surface area contributed by atoms with Crippen molar-refractivity contribution in [2.75, 3.05) is 5.32 Å². The van der Waals surface area contributed by atoms with Gasteiger partial charge in [-0.15, -0.1) is 0 Å². The first-order valence-electron chi connectivity index (χ1n) is 8.17. The number of thiazole rings is 1. The van der Waals surface area contributed by atoms with Gasteiger partial charge in [-0.1, -0.05) is 50.3 Å². The van der Waals surface area contributed by atoms with Crippen molar-refractivity contribution >= 4 is 22.2 Å². The van der Waals surface area contributed by atoms with E-state index in [9.17, 15) is 13.2 Å². The Hall–Kier alpha value is -2.61. The molecular formula is C19H18F3N3OS. The molecule has 0 bridgehead atoms. The van der Waals surface area contributed by atoms with Crippen LogP contribution in [0.4, 0.5) is 24.0 Å². The van der Waals surface area contributed by atoms with Gasteiger partial charge in [0, 0.05) is 11.8 Å². The number of nitrogens with one attached hydrogen (secondary N) is 1. The van der Waals surface area contributed by atoms with E-state index in [1.54, 1.807) is 18.3 Å². The van der Waals surface area contributed by atoms with Gasteiger partial charge in [0.25, 0.3) is 0 Å². The number of rotatable bonds is 4. The highest BCUT2D eigenvalue weighted by atomic mass is 32.1. The molecule has 0 aliphatic rings. The maximum absolute atomic E-state index is 12.8. The standard InChI is InChI=1S/C19H18F3N3OS/c1-18(2,3)12-7-4-5-9-14(12)26-16-13(8-6-10-23-16)25-17-24-11-15(27-17)19(20,21)22/h4-11H,1-3H3,(H,24,25). The summed E-state index contributed by atoms with van der Waals surface area (Å²) in [6.07, 6.45) is -2.06. The molecule has 0 spiro atoms. The van der Waals surface area contributed by atoms with Gasteiger partial charge < -0.3 is 10.1 Å². The van der Waals surface area contributed by atoms with E-state index in [0.29, 0.717) is 22.8 Å². The molecule has 142 valence electrons. The van der Waals surface area contributed by atoms with E-state index in [0.717, 1.165) is 11.8 Å². The van der Waals surface area contributed by atoms with Crippen LogP contribution in [0.2, 0.25) is 0 Å². The summed E-state index contributed by atoms with van der Waals surface area (Å²) >= 11 is 0.527. The Balaban J connectivity index is 1.89. The molecule has 0 aliphatic carbocycles. The molecule has 2 heterocycles. The molecule has 27 heavy (non-hydrogen) atoms. The highest BCUT2D eigenvalue weighted by molar-refractivity contribution is 7.15. The van der Waals surface area contributed by atoms with Crippen LogP contribution in [0.5, 0.6) is 11.6 Å². The van der Waals surface area contributed by atoms with Crippen molar-refractivity contribution in [3.8, 4) is 11.6 Å². The summed E-state index contributed by atoms with van der Waals surface area (Å²) in [4.78, 5) is 7.24. The predicted molar refractivity (Wildman–Crippen MR) is 99.9 cm³/mol. The molecule has 0 aliphatic heterocycles. The lowest BCUT2D eigenvalue weighted by molar-refractivity contribution is -0.134. The maximum atomic E-state index is 12.8. The Morgan fingerprint density at radius 3 is 2.41 bits per heavy atom. The lowest BCUT2D eigenvalue weighted by Gasteiger charge is -2.22. The number of aromatic nitrogens is 2. The fourth-order valence-electron chi connectivity index (χ4n) is 2.42. The van der Waals surface area contributed by atoms with Crippen molar-refractivity contribution in [1.82, 2.24) is 9.97 Å². The zero-order valence-electron chi connectivity index (χ0n) is 15.0. The second-order valence-corrected chi connectivity index (χ2v) is 7.89. The molecule has 0 saturated carbocycles. The largest absolute Gasteiger partial charge is 0.437 e. The van der Waals surface area contributed by atoms with Crippen LogP contribution in [0.1, 0.15) is 31.2 Å². The second-order valence-electron chi connectivity index (χ2n) is 6.86. The van der Waals surface area contributed by atoms with Crippen LogP contribution >= 0.6 is 11.3 Å². The van der Waals surface area contributed by atoms with Gasteiger partial charge in [0.15, 0.2) is 5.13 Å². The minimum absolute atomic E-state index is 0.115. The molecular weight excluding hydrogens is 375 g/mol. The first-order chi connectivity index (χ1) is 12.6. The van der Waals surface area contributed by atoms with Crippen LogP contribution in [-0.4, -0.2) is 9.97 Å². The second kappa shape index (κ2) is 7.19. The molecule has 0 fully saturated rings. The molecule has 0 radical (unpaired) electrons. The molecule has 8 heteroatoms. The van der Waals surface area contributed by atoms with Crippen molar-refractivity contribution in [3.05, 3.63) is 59.2 Å². The van der Waals surface area contributed by atoms with Crippen molar-refractivity contribution in [1.29, 1.82) is 0 Å². The number of anilines is 2. The zero-order valence-corrected chi connectivity index (χ0v) is 15.8. The van der Waals surface area contributed by atoms with Crippen molar-refractivity contribution in [3.63, 3.8) is 0 Å². The molecule has 1 aromatic carbocycles. The van der Waals surface area contributed by atoms with Crippen LogP contribution in [0.25, 0.3) is 0 Å². The van der Waals surface area contributed by atoms with Crippen molar-refractivity contribution < 1.29 is 17.9 Å². The van der Waals surface area contributed by atoms with Crippen molar-refractivity contribution in [2.24, 2.45) is 0 Å². The van der Waals surface area contributed by atoms with Gasteiger partial charge in [-0.2, -0.15) is 13.2 Å². The minimum atomic E-state index is -4.42. The average Bonchev–Trinajstić information content (AvgIpc) is 3.05. The van der Waals surface area contributed by atoms with Crippen LogP contribution in [0, 0.1) is 0 Å². The summed E-state index contributed by atoms with van der Waals surface area (Å²) in [5.41, 5.74) is 1.29. The Morgan fingerprint density at radius 2 is 1.74 bits per heavy atom. The Labute approximate surface area is 159 Å². The monoisotopic (exact) mass is 393 g/mol. The van der Waals surface area contributed by atoms with Crippen molar-refractivity contribution in [2.45, 2.75) is 32.4 Å². The number of halogens is 3. The van der Waals surface area contributed by atoms with E-state index >= 15 is 0 Å². The highest BCUT2D eigenvalue weighted by Gasteiger charge is 2.33. The highest BCUT2D eigenvalue weighted by Crippen LogP contribution is 2.39. The van der Waals surface area contributed by atoms with E-state index in [4.69, 9.17) is 4.74 Å². The molecule has 1 N–H and O–H groups in total. The molecule has 0 saturated heterocycles. The first-order valence-corrected chi connectivity index (χ1v) is 8.98. The van der Waals surface area contributed by atoms with Gasteiger partial charge in [-0.25, -0.2) is 9.97 Å². The molecule has 3 aromatic rings. The first kappa shape index (κ1) is 19.2. The number of hydrogen-bond donors (Lipinski definition) is 1. The number of para-hydroxylation sites is 1. The van der Waals surface area contributed by atoms with E-state index < -0.39 is 11.1 Å². The Kier molecular flexibility index (Phi) is 5.10. The van der Waals surface area contributed by atoms with Gasteiger partial charge in [-0.3, -0.25) is 0 Å². The maximum Gasteiger partial charge on any atom is 0.427 e. The van der Waals surface area contributed by atoms with Gasteiger partial charge in [0.1, 0.15) is 16.3 Å². The third kappa shape index (κ3) is 4.57. The van der Waals surface area contributed by atoms with E-state index in [2.05, 4.69) is 36.1 Å². The van der Waals surface area contributed by atoms with Crippen LogP contribution in [0.3, 0.4) is 0 Å². The lowest BCUT2D eigenvalue weighted by Crippen LogP contribution is -2.12. The van der Waals surface area contributed by atoms with E-state index in [1.165, 1.54) is 0 Å². The average molecular weight is 393 g/mol. The fraction of sp³-hybridized carbons (Fsp3) is 0.263. The summed E-state index contributed by atoms with van der Waals surface area (Å²) in [7, 11) is 0. The summed E-state index contributed by atoms with van der Waals surface area (Å²) in [6, 6.07) is 10.9. The zero-order chi connectivity index (χ0) is 19.7. The number of ether oxygens (including phenoxy) is 1. The third-order valence-corrected chi connectivity index (χ3v) is 4.66. The predicted octanol–water partition coefficient (Wildman–Crippen LogP) is 6.39. The van der Waals surface area contributed by atoms with Crippen LogP contribution < -0.4 is 10.1 Å². The van der Waals surface area contributed by atoms with Gasteiger partial charge in [0.2, 0.25) is 5.88 Å². The summed E-state index contributed by atoms with van der Waals surface area (Å²) in [5, 5.41) is 2.98. The molecule has 0 amide bonds. The quantitative estimate of drug-likeness (QED) is 0.558. The van der Waals surface area contributed by atoms with Gasteiger partial charge in [0.05, 0.1) is 6.20 Å².